The predicted octanol–water partition coefficient (Wildman–Crippen LogP) is 4.28. The lowest BCUT2D eigenvalue weighted by Gasteiger charge is -2.02. The molecule has 1 aromatic heterocycles. The lowest BCUT2D eigenvalue weighted by atomic mass is 10.2. The molecule has 6 heteroatoms. The molecule has 0 fully saturated rings. The van der Waals surface area contributed by atoms with Crippen molar-refractivity contribution in [2.24, 2.45) is 0 Å². The van der Waals surface area contributed by atoms with Crippen LogP contribution in [0.4, 0.5) is 0 Å². The molecule has 1 aliphatic heterocycles. The average Bonchev–Trinajstić information content (AvgIpc) is 2.98. The number of aromatic nitrogens is 1. The van der Waals surface area contributed by atoms with E-state index in [1.165, 1.54) is 0 Å². The van der Waals surface area contributed by atoms with Crippen LogP contribution in [0.25, 0.3) is 10.6 Å². The standard InChI is InChI=1S/C12H8BrClN2OS/c13-11-5-9(17-16-11)10-6-15-12(18-10)7-1-3-8(14)4-2-7/h1-6,9,16H/t9-/m0/s1. The first kappa shape index (κ1) is 12.2. The molecular formula is C12H8BrClN2OS. The Bertz CT molecular complexity index is 596. The topological polar surface area (TPSA) is 34.2 Å². The number of nitrogens with one attached hydrogen (secondary N) is 1. The molecule has 0 amide bonds. The highest BCUT2D eigenvalue weighted by Crippen LogP contribution is 2.34. The van der Waals surface area contributed by atoms with E-state index in [1.54, 1.807) is 11.3 Å². The minimum atomic E-state index is -0.0853. The molecule has 0 radical (unpaired) electrons. The zero-order valence-corrected chi connectivity index (χ0v) is 12.2. The van der Waals surface area contributed by atoms with Gasteiger partial charge in [0.15, 0.2) is 0 Å². The molecule has 1 N–H and O–H groups in total. The minimum absolute atomic E-state index is 0.0853. The fourth-order valence-corrected chi connectivity index (χ4v) is 2.98. The van der Waals surface area contributed by atoms with Crippen molar-refractivity contribution < 1.29 is 4.84 Å². The number of rotatable bonds is 2. The van der Waals surface area contributed by atoms with Gasteiger partial charge in [-0.25, -0.2) is 4.98 Å². The van der Waals surface area contributed by atoms with Crippen molar-refractivity contribution in [3.8, 4) is 10.6 Å². The normalized spacial score (nSPS) is 18.6. The molecule has 0 saturated carbocycles. The van der Waals surface area contributed by atoms with Gasteiger partial charge in [0.25, 0.3) is 0 Å². The number of benzene rings is 1. The Morgan fingerprint density at radius 1 is 1.33 bits per heavy atom. The van der Waals surface area contributed by atoms with E-state index in [2.05, 4.69) is 26.4 Å². The van der Waals surface area contributed by atoms with Gasteiger partial charge in [0, 0.05) is 16.8 Å². The maximum Gasteiger partial charge on any atom is 0.142 e. The maximum absolute atomic E-state index is 5.87. The lowest BCUT2D eigenvalue weighted by molar-refractivity contribution is 0.0476. The molecular weight excluding hydrogens is 336 g/mol. The SMILES string of the molecule is Clc1ccc(-c2ncc([C@@H]3C=C(Br)NO3)s2)cc1. The van der Waals surface area contributed by atoms with Crippen molar-refractivity contribution in [2.75, 3.05) is 0 Å². The summed E-state index contributed by atoms with van der Waals surface area (Å²) >= 11 is 10.8. The number of nitrogens with zero attached hydrogens (tertiary/aromatic N) is 1. The van der Waals surface area contributed by atoms with E-state index in [0.29, 0.717) is 0 Å². The van der Waals surface area contributed by atoms with Crippen LogP contribution in [0.5, 0.6) is 0 Å². The Balaban J connectivity index is 1.87. The monoisotopic (exact) mass is 342 g/mol. The summed E-state index contributed by atoms with van der Waals surface area (Å²) in [6, 6.07) is 7.65. The summed E-state index contributed by atoms with van der Waals surface area (Å²) in [6.45, 7) is 0. The predicted molar refractivity (Wildman–Crippen MR) is 76.5 cm³/mol. The van der Waals surface area contributed by atoms with Crippen LogP contribution < -0.4 is 5.48 Å². The molecule has 0 bridgehead atoms. The van der Waals surface area contributed by atoms with E-state index in [4.69, 9.17) is 16.4 Å². The van der Waals surface area contributed by atoms with Gasteiger partial charge in [0.1, 0.15) is 15.7 Å². The van der Waals surface area contributed by atoms with Gasteiger partial charge in [-0.2, -0.15) is 0 Å². The number of thiazole rings is 1. The van der Waals surface area contributed by atoms with Gasteiger partial charge < -0.3 is 0 Å². The molecule has 3 nitrogen and oxygen atoms in total. The summed E-state index contributed by atoms with van der Waals surface area (Å²) in [7, 11) is 0. The Morgan fingerprint density at radius 2 is 2.11 bits per heavy atom. The molecule has 0 saturated heterocycles. The summed E-state index contributed by atoms with van der Waals surface area (Å²) in [4.78, 5) is 10.8. The van der Waals surface area contributed by atoms with Crippen LogP contribution in [0.15, 0.2) is 41.1 Å². The first-order valence-corrected chi connectivity index (χ1v) is 7.22. The van der Waals surface area contributed by atoms with Crippen LogP contribution in [-0.4, -0.2) is 4.98 Å². The largest absolute Gasteiger partial charge is 0.262 e. The lowest BCUT2D eigenvalue weighted by Crippen LogP contribution is -2.03. The molecule has 3 rings (SSSR count). The van der Waals surface area contributed by atoms with Gasteiger partial charge >= 0.3 is 0 Å². The van der Waals surface area contributed by atoms with Gasteiger partial charge in [-0.05, 0) is 34.1 Å². The van der Waals surface area contributed by atoms with Gasteiger partial charge in [0.2, 0.25) is 0 Å². The highest BCUT2D eigenvalue weighted by Gasteiger charge is 2.19. The highest BCUT2D eigenvalue weighted by molar-refractivity contribution is 9.11. The average molecular weight is 344 g/mol. The van der Waals surface area contributed by atoms with E-state index >= 15 is 0 Å². The molecule has 0 unspecified atom stereocenters. The van der Waals surface area contributed by atoms with Crippen LogP contribution in [0.3, 0.4) is 0 Å². The third kappa shape index (κ3) is 2.44. The number of halogens is 2. The summed E-state index contributed by atoms with van der Waals surface area (Å²) in [5.74, 6) is 0. The highest BCUT2D eigenvalue weighted by atomic mass is 79.9. The van der Waals surface area contributed by atoms with Gasteiger partial charge in [-0.3, -0.25) is 10.3 Å². The molecule has 0 spiro atoms. The van der Waals surface area contributed by atoms with E-state index in [9.17, 15) is 0 Å². The number of hydrogen-bond donors (Lipinski definition) is 1. The summed E-state index contributed by atoms with van der Waals surface area (Å²) < 4.78 is 0.842. The molecule has 1 aliphatic rings. The third-order valence-electron chi connectivity index (χ3n) is 2.48. The quantitative estimate of drug-likeness (QED) is 0.827. The van der Waals surface area contributed by atoms with Crippen molar-refractivity contribution in [3.63, 3.8) is 0 Å². The summed E-state index contributed by atoms with van der Waals surface area (Å²) in [5.41, 5.74) is 3.82. The third-order valence-corrected chi connectivity index (χ3v) is 4.26. The van der Waals surface area contributed by atoms with E-state index < -0.39 is 0 Å². The van der Waals surface area contributed by atoms with Gasteiger partial charge in [-0.15, -0.1) is 11.3 Å². The van der Waals surface area contributed by atoms with Crippen LogP contribution >= 0.6 is 38.9 Å². The van der Waals surface area contributed by atoms with Crippen molar-refractivity contribution in [3.05, 3.63) is 51.0 Å². The number of hydroxylamine groups is 1. The fraction of sp³-hybridized carbons (Fsp3) is 0.0833. The second kappa shape index (κ2) is 5.01. The Kier molecular flexibility index (Phi) is 3.39. The molecule has 18 heavy (non-hydrogen) atoms. The van der Waals surface area contributed by atoms with E-state index in [-0.39, 0.29) is 6.10 Å². The van der Waals surface area contributed by atoms with Crippen LogP contribution in [0.1, 0.15) is 11.0 Å². The van der Waals surface area contributed by atoms with E-state index in [1.807, 2.05) is 36.5 Å². The summed E-state index contributed by atoms with van der Waals surface area (Å²) in [5, 5.41) is 1.69. The zero-order chi connectivity index (χ0) is 12.5. The summed E-state index contributed by atoms with van der Waals surface area (Å²) in [6.07, 6.45) is 3.71. The fourth-order valence-electron chi connectivity index (χ4n) is 1.60. The number of hydrogen-bond acceptors (Lipinski definition) is 4. The van der Waals surface area contributed by atoms with Gasteiger partial charge in [0.05, 0.1) is 4.88 Å². The van der Waals surface area contributed by atoms with Crippen LogP contribution in [0.2, 0.25) is 5.02 Å². The van der Waals surface area contributed by atoms with E-state index in [0.717, 1.165) is 25.1 Å². The van der Waals surface area contributed by atoms with Crippen molar-refractivity contribution in [1.29, 1.82) is 0 Å². The Labute approximate surface area is 122 Å². The van der Waals surface area contributed by atoms with Crippen LogP contribution in [-0.2, 0) is 4.84 Å². The molecule has 2 heterocycles. The van der Waals surface area contributed by atoms with Crippen molar-refractivity contribution >= 4 is 38.9 Å². The van der Waals surface area contributed by atoms with Crippen molar-refractivity contribution in [2.45, 2.75) is 6.10 Å². The second-order valence-corrected chi connectivity index (χ2v) is 6.08. The smallest absolute Gasteiger partial charge is 0.142 e. The Morgan fingerprint density at radius 3 is 2.78 bits per heavy atom. The Hall–Kier alpha value is -0.880. The molecule has 92 valence electrons. The van der Waals surface area contributed by atoms with Crippen LogP contribution in [0, 0.1) is 0 Å². The molecule has 1 atom stereocenters. The molecule has 2 aromatic rings. The molecule has 0 aliphatic carbocycles. The second-order valence-electron chi connectivity index (χ2n) is 3.73. The maximum atomic E-state index is 5.87. The van der Waals surface area contributed by atoms with Crippen molar-refractivity contribution in [1.82, 2.24) is 10.5 Å². The minimum Gasteiger partial charge on any atom is -0.262 e. The first-order valence-electron chi connectivity index (χ1n) is 5.23. The zero-order valence-electron chi connectivity index (χ0n) is 9.06. The van der Waals surface area contributed by atoms with Gasteiger partial charge in [-0.1, -0.05) is 23.7 Å². The first-order chi connectivity index (χ1) is 8.72. The molecule has 1 aromatic carbocycles.